The maximum Gasteiger partial charge on any atom is 0.239 e. The molecule has 3 aliphatic rings. The predicted molar refractivity (Wildman–Crippen MR) is 101 cm³/mol. The standard InChI is InChI=1S/C17H31N3O2.2ClH/c18-16(14-6-12-22-13-7-14)17(21)20-9-3-8-19(10-11-20)15-4-1-2-5-15;;/h14-16H,1-13,18H2;2*1H. The molecule has 0 aromatic heterocycles. The average molecular weight is 382 g/mol. The number of hydrogen-bond acceptors (Lipinski definition) is 4. The van der Waals surface area contributed by atoms with E-state index in [1.54, 1.807) is 0 Å². The molecule has 2 saturated heterocycles. The predicted octanol–water partition coefficient (Wildman–Crippen LogP) is 2.06. The fourth-order valence-corrected chi connectivity index (χ4v) is 4.28. The zero-order valence-corrected chi connectivity index (χ0v) is 16.2. The largest absolute Gasteiger partial charge is 0.381 e. The minimum Gasteiger partial charge on any atom is -0.381 e. The van der Waals surface area contributed by atoms with Gasteiger partial charge in [0, 0.05) is 45.4 Å². The summed E-state index contributed by atoms with van der Waals surface area (Å²) in [7, 11) is 0. The summed E-state index contributed by atoms with van der Waals surface area (Å²) < 4.78 is 5.38. The van der Waals surface area contributed by atoms with Gasteiger partial charge in [-0.2, -0.15) is 0 Å². The number of amides is 1. The Hall–Kier alpha value is -0.0700. The number of carbonyl (C=O) groups is 1. The molecule has 3 fully saturated rings. The summed E-state index contributed by atoms with van der Waals surface area (Å²) in [5, 5.41) is 0. The topological polar surface area (TPSA) is 58.8 Å². The van der Waals surface area contributed by atoms with Crippen molar-refractivity contribution in [3.63, 3.8) is 0 Å². The third kappa shape index (κ3) is 5.46. The van der Waals surface area contributed by atoms with Crippen LogP contribution in [-0.4, -0.2) is 67.2 Å². The molecule has 0 aromatic rings. The normalized spacial score (nSPS) is 25.5. The number of ether oxygens (including phenoxy) is 1. The number of hydrogen-bond donors (Lipinski definition) is 1. The Morgan fingerprint density at radius 1 is 0.917 bits per heavy atom. The molecule has 1 saturated carbocycles. The smallest absolute Gasteiger partial charge is 0.239 e. The van der Waals surface area contributed by atoms with Crippen molar-refractivity contribution in [2.24, 2.45) is 11.7 Å². The van der Waals surface area contributed by atoms with E-state index in [4.69, 9.17) is 10.5 Å². The van der Waals surface area contributed by atoms with Crippen molar-refractivity contribution in [1.82, 2.24) is 9.80 Å². The minimum atomic E-state index is -0.332. The molecule has 142 valence electrons. The SMILES string of the molecule is Cl.Cl.NC(C(=O)N1CCCN(C2CCCC2)CC1)C1CCOCC1. The Kier molecular flexibility index (Phi) is 9.90. The fourth-order valence-electron chi connectivity index (χ4n) is 4.28. The average Bonchev–Trinajstić information content (AvgIpc) is 2.99. The monoisotopic (exact) mass is 381 g/mol. The lowest BCUT2D eigenvalue weighted by Crippen LogP contribution is -2.50. The van der Waals surface area contributed by atoms with Gasteiger partial charge in [0.15, 0.2) is 0 Å². The van der Waals surface area contributed by atoms with Gasteiger partial charge in [-0.1, -0.05) is 12.8 Å². The molecule has 1 atom stereocenters. The second-order valence-electron chi connectivity index (χ2n) is 7.13. The van der Waals surface area contributed by atoms with Gasteiger partial charge in [0.05, 0.1) is 6.04 Å². The molecule has 1 aliphatic carbocycles. The molecule has 0 spiro atoms. The lowest BCUT2D eigenvalue weighted by atomic mass is 9.91. The molecule has 2 aliphatic heterocycles. The van der Waals surface area contributed by atoms with Crippen molar-refractivity contribution in [1.29, 1.82) is 0 Å². The van der Waals surface area contributed by atoms with Crippen LogP contribution in [0.15, 0.2) is 0 Å². The number of nitrogens with zero attached hydrogens (tertiary/aromatic N) is 2. The maximum atomic E-state index is 12.7. The Balaban J connectivity index is 0.00000144. The zero-order valence-electron chi connectivity index (χ0n) is 14.5. The van der Waals surface area contributed by atoms with Crippen molar-refractivity contribution in [3.8, 4) is 0 Å². The zero-order chi connectivity index (χ0) is 15.4. The van der Waals surface area contributed by atoms with E-state index in [9.17, 15) is 4.79 Å². The van der Waals surface area contributed by atoms with Gasteiger partial charge in [0.1, 0.15) is 0 Å². The summed E-state index contributed by atoms with van der Waals surface area (Å²) >= 11 is 0. The molecule has 1 unspecified atom stereocenters. The molecule has 24 heavy (non-hydrogen) atoms. The molecule has 7 heteroatoms. The lowest BCUT2D eigenvalue weighted by Gasteiger charge is -2.31. The van der Waals surface area contributed by atoms with Crippen LogP contribution in [0.1, 0.15) is 44.9 Å². The fraction of sp³-hybridized carbons (Fsp3) is 0.941. The molecular weight excluding hydrogens is 349 g/mol. The summed E-state index contributed by atoms with van der Waals surface area (Å²) in [6.45, 7) is 5.39. The van der Waals surface area contributed by atoms with Gasteiger partial charge in [0.25, 0.3) is 0 Å². The molecule has 0 aromatic carbocycles. The van der Waals surface area contributed by atoms with Gasteiger partial charge in [-0.25, -0.2) is 0 Å². The summed E-state index contributed by atoms with van der Waals surface area (Å²) in [4.78, 5) is 17.4. The van der Waals surface area contributed by atoms with E-state index in [1.807, 2.05) is 4.90 Å². The Labute approximate surface area is 158 Å². The van der Waals surface area contributed by atoms with E-state index >= 15 is 0 Å². The van der Waals surface area contributed by atoms with Crippen LogP contribution in [0.3, 0.4) is 0 Å². The Bertz CT molecular complexity index is 375. The minimum absolute atomic E-state index is 0. The highest BCUT2D eigenvalue weighted by Gasteiger charge is 2.32. The van der Waals surface area contributed by atoms with Crippen molar-refractivity contribution in [2.75, 3.05) is 39.4 Å². The highest BCUT2D eigenvalue weighted by Crippen LogP contribution is 2.25. The lowest BCUT2D eigenvalue weighted by molar-refractivity contribution is -0.134. The van der Waals surface area contributed by atoms with Crippen LogP contribution in [0.4, 0.5) is 0 Å². The van der Waals surface area contributed by atoms with Gasteiger partial charge in [-0.15, -0.1) is 24.8 Å². The molecule has 3 rings (SSSR count). The van der Waals surface area contributed by atoms with Crippen LogP contribution in [0.5, 0.6) is 0 Å². The number of carbonyl (C=O) groups excluding carboxylic acids is 1. The van der Waals surface area contributed by atoms with Gasteiger partial charge in [-0.05, 0) is 38.0 Å². The highest BCUT2D eigenvalue weighted by atomic mass is 35.5. The Morgan fingerprint density at radius 2 is 1.58 bits per heavy atom. The summed E-state index contributed by atoms with van der Waals surface area (Å²) in [6.07, 6.45) is 8.37. The number of halogens is 2. The molecule has 2 N–H and O–H groups in total. The highest BCUT2D eigenvalue weighted by molar-refractivity contribution is 5.85. The van der Waals surface area contributed by atoms with Gasteiger partial charge in [-0.3, -0.25) is 9.69 Å². The van der Waals surface area contributed by atoms with E-state index in [-0.39, 0.29) is 36.8 Å². The van der Waals surface area contributed by atoms with Crippen molar-refractivity contribution in [2.45, 2.75) is 57.0 Å². The van der Waals surface area contributed by atoms with Crippen LogP contribution in [0.2, 0.25) is 0 Å². The van der Waals surface area contributed by atoms with Gasteiger partial charge >= 0.3 is 0 Å². The third-order valence-electron chi connectivity index (χ3n) is 5.74. The van der Waals surface area contributed by atoms with E-state index in [0.29, 0.717) is 5.92 Å². The first-order valence-corrected chi connectivity index (χ1v) is 9.12. The second kappa shape index (κ2) is 10.8. The van der Waals surface area contributed by atoms with E-state index < -0.39 is 0 Å². The van der Waals surface area contributed by atoms with E-state index in [1.165, 1.54) is 25.7 Å². The van der Waals surface area contributed by atoms with E-state index in [0.717, 1.165) is 64.7 Å². The van der Waals surface area contributed by atoms with Crippen LogP contribution >= 0.6 is 24.8 Å². The number of rotatable bonds is 3. The van der Waals surface area contributed by atoms with E-state index in [2.05, 4.69) is 4.90 Å². The summed E-state index contributed by atoms with van der Waals surface area (Å²) in [5.74, 6) is 0.468. The first-order chi connectivity index (χ1) is 10.8. The molecule has 0 bridgehead atoms. The molecule has 5 nitrogen and oxygen atoms in total. The van der Waals surface area contributed by atoms with Gasteiger partial charge < -0.3 is 15.4 Å². The molecule has 2 heterocycles. The first-order valence-electron chi connectivity index (χ1n) is 9.12. The maximum absolute atomic E-state index is 12.7. The third-order valence-corrected chi connectivity index (χ3v) is 5.74. The van der Waals surface area contributed by atoms with Crippen molar-refractivity contribution in [3.05, 3.63) is 0 Å². The Morgan fingerprint density at radius 3 is 2.25 bits per heavy atom. The number of nitrogens with two attached hydrogens (primary N) is 1. The summed E-state index contributed by atoms with van der Waals surface area (Å²) in [5.41, 5.74) is 6.27. The quantitative estimate of drug-likeness (QED) is 0.812. The van der Waals surface area contributed by atoms with Gasteiger partial charge in [0.2, 0.25) is 5.91 Å². The second-order valence-corrected chi connectivity index (χ2v) is 7.13. The molecule has 1 amide bonds. The van der Waals surface area contributed by atoms with Crippen LogP contribution in [-0.2, 0) is 9.53 Å². The van der Waals surface area contributed by atoms with Crippen LogP contribution < -0.4 is 5.73 Å². The van der Waals surface area contributed by atoms with Crippen LogP contribution in [0, 0.1) is 5.92 Å². The van der Waals surface area contributed by atoms with Crippen molar-refractivity contribution >= 4 is 30.7 Å². The first kappa shape index (κ1) is 22.0. The summed E-state index contributed by atoms with van der Waals surface area (Å²) in [6, 6.07) is 0.432. The molecular formula is C17H33Cl2N3O2. The van der Waals surface area contributed by atoms with Crippen molar-refractivity contribution < 1.29 is 9.53 Å². The molecule has 0 radical (unpaired) electrons. The van der Waals surface area contributed by atoms with Crippen LogP contribution in [0.25, 0.3) is 0 Å².